The van der Waals surface area contributed by atoms with Crippen molar-refractivity contribution in [1.29, 1.82) is 0 Å². The van der Waals surface area contributed by atoms with Crippen LogP contribution < -0.4 is 15.4 Å². The number of halogens is 1. The maximum atomic E-state index is 12.6. The molecule has 3 rings (SSSR count). The van der Waals surface area contributed by atoms with E-state index in [1.807, 2.05) is 35.9 Å². The number of amides is 1. The Morgan fingerprint density at radius 1 is 1.29 bits per heavy atom. The summed E-state index contributed by atoms with van der Waals surface area (Å²) in [6.45, 7) is 8.88. The Labute approximate surface area is 172 Å². The van der Waals surface area contributed by atoms with Gasteiger partial charge in [0.15, 0.2) is 5.69 Å². The maximum Gasteiger partial charge on any atom is 0.278 e. The Bertz CT molecular complexity index is 754. The van der Waals surface area contributed by atoms with E-state index in [9.17, 15) is 4.79 Å². The molecular weight excluding hydrogens is 378 g/mol. The van der Waals surface area contributed by atoms with Crippen LogP contribution in [0.25, 0.3) is 0 Å². The number of benzene rings is 1. The van der Waals surface area contributed by atoms with Crippen LogP contribution in [0.3, 0.4) is 0 Å². The number of piperidine rings is 1. The van der Waals surface area contributed by atoms with Crippen LogP contribution in [0.15, 0.2) is 24.3 Å². The second-order valence-electron chi connectivity index (χ2n) is 7.46. The minimum absolute atomic E-state index is 0. The molecule has 2 aromatic rings. The molecule has 2 N–H and O–H groups in total. The van der Waals surface area contributed by atoms with Gasteiger partial charge in [-0.1, -0.05) is 19.1 Å². The summed E-state index contributed by atoms with van der Waals surface area (Å²) >= 11 is 0. The lowest BCUT2D eigenvalue weighted by Crippen LogP contribution is -2.30. The van der Waals surface area contributed by atoms with Gasteiger partial charge in [-0.3, -0.25) is 4.79 Å². The first-order chi connectivity index (χ1) is 13.0. The van der Waals surface area contributed by atoms with Crippen LogP contribution in [0.5, 0.6) is 5.75 Å². The molecule has 8 heteroatoms. The number of nitrogens with one attached hydrogen (secondary N) is 2. The van der Waals surface area contributed by atoms with Crippen molar-refractivity contribution in [2.75, 3.05) is 25.0 Å². The van der Waals surface area contributed by atoms with Crippen LogP contribution in [-0.4, -0.2) is 40.6 Å². The highest BCUT2D eigenvalue weighted by molar-refractivity contribution is 6.03. The lowest BCUT2D eigenvalue weighted by Gasteiger charge is -2.23. The summed E-state index contributed by atoms with van der Waals surface area (Å²) < 4.78 is 7.60. The van der Waals surface area contributed by atoms with Gasteiger partial charge in [-0.15, -0.1) is 17.5 Å². The second-order valence-corrected chi connectivity index (χ2v) is 7.46. The predicted octanol–water partition coefficient (Wildman–Crippen LogP) is 3.61. The van der Waals surface area contributed by atoms with E-state index in [0.29, 0.717) is 29.9 Å². The van der Waals surface area contributed by atoms with Crippen LogP contribution in [0.2, 0.25) is 0 Å². The lowest BCUT2D eigenvalue weighted by atomic mass is 10.1. The summed E-state index contributed by atoms with van der Waals surface area (Å²) in [5.74, 6) is 1.19. The number of rotatable bonds is 7. The van der Waals surface area contributed by atoms with Gasteiger partial charge in [0.25, 0.3) is 5.91 Å². The third-order valence-corrected chi connectivity index (χ3v) is 4.87. The lowest BCUT2D eigenvalue weighted by molar-refractivity contribution is 0.102. The van der Waals surface area contributed by atoms with E-state index >= 15 is 0 Å². The van der Waals surface area contributed by atoms with Gasteiger partial charge < -0.3 is 15.4 Å². The highest BCUT2D eigenvalue weighted by atomic mass is 35.5. The zero-order valence-corrected chi connectivity index (χ0v) is 17.6. The quantitative estimate of drug-likeness (QED) is 0.732. The zero-order chi connectivity index (χ0) is 19.2. The monoisotopic (exact) mass is 407 g/mol. The van der Waals surface area contributed by atoms with Crippen molar-refractivity contribution in [2.24, 2.45) is 5.92 Å². The summed E-state index contributed by atoms with van der Waals surface area (Å²) in [4.78, 5) is 12.6. The number of hydrogen-bond donors (Lipinski definition) is 2. The summed E-state index contributed by atoms with van der Waals surface area (Å²) in [7, 11) is 0. The van der Waals surface area contributed by atoms with E-state index in [0.717, 1.165) is 43.8 Å². The molecule has 7 nitrogen and oxygen atoms in total. The van der Waals surface area contributed by atoms with E-state index in [2.05, 4.69) is 34.8 Å². The van der Waals surface area contributed by atoms with Crippen molar-refractivity contribution in [3.05, 3.63) is 35.7 Å². The summed E-state index contributed by atoms with van der Waals surface area (Å²) in [6, 6.07) is 7.73. The molecule has 0 aliphatic carbocycles. The number of anilines is 1. The van der Waals surface area contributed by atoms with E-state index in [1.54, 1.807) is 0 Å². The Morgan fingerprint density at radius 2 is 1.96 bits per heavy atom. The molecule has 1 aliphatic heterocycles. The van der Waals surface area contributed by atoms with Gasteiger partial charge in [0.2, 0.25) is 0 Å². The number of ether oxygens (including phenoxy) is 1. The third-order valence-electron chi connectivity index (χ3n) is 4.87. The number of hydrogen-bond acceptors (Lipinski definition) is 5. The smallest absolute Gasteiger partial charge is 0.278 e. The number of carbonyl (C=O) groups excluding carboxylic acids is 1. The average Bonchev–Trinajstić information content (AvgIpc) is 3.05. The number of nitrogens with zero attached hydrogens (tertiary/aromatic N) is 3. The molecule has 0 radical (unpaired) electrons. The van der Waals surface area contributed by atoms with E-state index in [-0.39, 0.29) is 18.3 Å². The molecule has 1 saturated heterocycles. The fourth-order valence-electron chi connectivity index (χ4n) is 3.19. The molecule has 1 amide bonds. The summed E-state index contributed by atoms with van der Waals surface area (Å²) in [6.07, 6.45) is 3.03. The second kappa shape index (κ2) is 10.4. The standard InChI is InChI=1S/C20H29N5O2.ClH/c1-14(2)10-13-27-18-6-4-16(5-7-18)22-20(26)19-15(3)25(24-23-19)17-8-11-21-12-9-17;/h4-7,14,17,21H,8-13H2,1-3H3,(H,22,26);1H. The predicted molar refractivity (Wildman–Crippen MR) is 112 cm³/mol. The molecule has 1 fully saturated rings. The minimum Gasteiger partial charge on any atom is -0.494 e. The van der Waals surface area contributed by atoms with Gasteiger partial charge in [0.05, 0.1) is 18.3 Å². The van der Waals surface area contributed by atoms with Crippen molar-refractivity contribution >= 4 is 24.0 Å². The molecule has 0 unspecified atom stereocenters. The molecule has 2 heterocycles. The van der Waals surface area contributed by atoms with Crippen LogP contribution in [-0.2, 0) is 0 Å². The molecule has 0 bridgehead atoms. The van der Waals surface area contributed by atoms with Gasteiger partial charge in [-0.05, 0) is 69.5 Å². The Kier molecular flexibility index (Phi) is 8.26. The molecule has 0 spiro atoms. The average molecular weight is 408 g/mol. The van der Waals surface area contributed by atoms with Crippen molar-refractivity contribution in [3.8, 4) is 5.75 Å². The number of aromatic nitrogens is 3. The van der Waals surface area contributed by atoms with Gasteiger partial charge in [0, 0.05) is 5.69 Å². The molecule has 0 saturated carbocycles. The number of carbonyl (C=O) groups is 1. The fraction of sp³-hybridized carbons (Fsp3) is 0.550. The fourth-order valence-corrected chi connectivity index (χ4v) is 3.19. The van der Waals surface area contributed by atoms with E-state index < -0.39 is 0 Å². The minimum atomic E-state index is -0.235. The van der Waals surface area contributed by atoms with Crippen molar-refractivity contribution in [2.45, 2.75) is 46.1 Å². The van der Waals surface area contributed by atoms with Crippen LogP contribution in [0, 0.1) is 12.8 Å². The molecule has 154 valence electrons. The molecule has 1 aliphatic rings. The highest BCUT2D eigenvalue weighted by Gasteiger charge is 2.22. The van der Waals surface area contributed by atoms with E-state index in [4.69, 9.17) is 4.74 Å². The van der Waals surface area contributed by atoms with Crippen LogP contribution >= 0.6 is 12.4 Å². The summed E-state index contributed by atoms with van der Waals surface area (Å²) in [5, 5.41) is 14.6. The van der Waals surface area contributed by atoms with Gasteiger partial charge in [-0.2, -0.15) is 0 Å². The van der Waals surface area contributed by atoms with Gasteiger partial charge in [-0.25, -0.2) is 4.68 Å². The molecule has 0 atom stereocenters. The Morgan fingerprint density at radius 3 is 2.61 bits per heavy atom. The van der Waals surface area contributed by atoms with Crippen LogP contribution in [0.1, 0.15) is 55.3 Å². The first-order valence-corrected chi connectivity index (χ1v) is 9.71. The maximum absolute atomic E-state index is 12.6. The first kappa shape index (κ1) is 22.2. The largest absolute Gasteiger partial charge is 0.494 e. The molecular formula is C20H30ClN5O2. The Balaban J connectivity index is 0.00000280. The topological polar surface area (TPSA) is 81.1 Å². The van der Waals surface area contributed by atoms with Gasteiger partial charge in [0.1, 0.15) is 5.75 Å². The molecule has 1 aromatic heterocycles. The van der Waals surface area contributed by atoms with Crippen molar-refractivity contribution in [3.63, 3.8) is 0 Å². The third kappa shape index (κ3) is 5.69. The SMILES string of the molecule is Cc1c(C(=O)Nc2ccc(OCCC(C)C)cc2)nnn1C1CCNCC1.Cl. The van der Waals surface area contributed by atoms with Gasteiger partial charge >= 0.3 is 0 Å². The normalized spacial score (nSPS) is 14.6. The summed E-state index contributed by atoms with van der Waals surface area (Å²) in [5.41, 5.74) is 1.91. The highest BCUT2D eigenvalue weighted by Crippen LogP contribution is 2.21. The molecule has 28 heavy (non-hydrogen) atoms. The first-order valence-electron chi connectivity index (χ1n) is 9.71. The zero-order valence-electron chi connectivity index (χ0n) is 16.8. The van der Waals surface area contributed by atoms with Crippen molar-refractivity contribution < 1.29 is 9.53 Å². The van der Waals surface area contributed by atoms with E-state index in [1.165, 1.54) is 0 Å². The van der Waals surface area contributed by atoms with Crippen LogP contribution in [0.4, 0.5) is 5.69 Å². The van der Waals surface area contributed by atoms with Crippen molar-refractivity contribution in [1.82, 2.24) is 20.3 Å². The Hall–Kier alpha value is -2.12. The molecule has 1 aromatic carbocycles.